The van der Waals surface area contributed by atoms with Crippen LogP contribution in [-0.2, 0) is 5.41 Å². The fraction of sp³-hybridized carbons (Fsp3) is 0.667. The molecule has 2 aliphatic carbocycles. The van der Waals surface area contributed by atoms with E-state index in [0.717, 1.165) is 0 Å². The van der Waals surface area contributed by atoms with Gasteiger partial charge in [0.05, 0.1) is 11.4 Å². The average molecular weight is 188 g/mol. The smallest absolute Gasteiger partial charge is 0.0686 e. The lowest BCUT2D eigenvalue weighted by molar-refractivity contribution is 0.227. The van der Waals surface area contributed by atoms with E-state index in [9.17, 15) is 0 Å². The Morgan fingerprint density at radius 3 is 2.64 bits per heavy atom. The minimum atomic E-state index is 0.265. The van der Waals surface area contributed by atoms with Crippen molar-refractivity contribution >= 4 is 0 Å². The number of rotatable bonds is 0. The Hall–Kier alpha value is -0.920. The summed E-state index contributed by atoms with van der Waals surface area (Å²) in [6.07, 6.45) is 6.23. The molecule has 2 atom stereocenters. The lowest BCUT2D eigenvalue weighted by Gasteiger charge is -2.33. The Morgan fingerprint density at radius 1 is 1.21 bits per heavy atom. The number of aromatic nitrogens is 2. The summed E-state index contributed by atoms with van der Waals surface area (Å²) in [7, 11) is 0. The van der Waals surface area contributed by atoms with E-state index in [0.29, 0.717) is 11.3 Å². The average Bonchev–Trinajstić information content (AvgIpc) is 2.49. The molecule has 0 spiro atoms. The van der Waals surface area contributed by atoms with Crippen LogP contribution in [0.2, 0.25) is 0 Å². The van der Waals surface area contributed by atoms with Crippen molar-refractivity contribution in [3.63, 3.8) is 0 Å². The van der Waals surface area contributed by atoms with Gasteiger partial charge in [-0.3, -0.25) is 9.97 Å². The number of nitrogens with zero attached hydrogens (tertiary/aromatic N) is 2. The Labute approximate surface area is 84.8 Å². The van der Waals surface area contributed by atoms with Crippen LogP contribution in [0, 0.1) is 5.41 Å². The van der Waals surface area contributed by atoms with Crippen molar-refractivity contribution in [3.8, 4) is 0 Å². The van der Waals surface area contributed by atoms with Gasteiger partial charge < -0.3 is 0 Å². The molecule has 1 saturated carbocycles. The molecule has 3 rings (SSSR count). The number of hydrogen-bond acceptors (Lipinski definition) is 2. The quantitative estimate of drug-likeness (QED) is 0.625. The van der Waals surface area contributed by atoms with Gasteiger partial charge in [0.15, 0.2) is 0 Å². The molecular formula is C12H16N2. The van der Waals surface area contributed by atoms with Crippen molar-refractivity contribution in [1.82, 2.24) is 9.97 Å². The minimum absolute atomic E-state index is 0.265. The van der Waals surface area contributed by atoms with Gasteiger partial charge in [0.2, 0.25) is 0 Å². The van der Waals surface area contributed by atoms with Crippen LogP contribution in [0.5, 0.6) is 0 Å². The van der Waals surface area contributed by atoms with Crippen molar-refractivity contribution < 1.29 is 0 Å². The molecule has 2 aliphatic rings. The van der Waals surface area contributed by atoms with Gasteiger partial charge in [-0.2, -0.15) is 0 Å². The van der Waals surface area contributed by atoms with Crippen LogP contribution in [0.4, 0.5) is 0 Å². The summed E-state index contributed by atoms with van der Waals surface area (Å²) < 4.78 is 0. The molecule has 0 aliphatic heterocycles. The zero-order valence-corrected chi connectivity index (χ0v) is 9.04. The van der Waals surface area contributed by atoms with Gasteiger partial charge in [-0.1, -0.05) is 20.8 Å². The first kappa shape index (κ1) is 8.39. The lowest BCUT2D eigenvalue weighted by atomic mass is 9.70. The largest absolute Gasteiger partial charge is 0.257 e. The fourth-order valence-electron chi connectivity index (χ4n) is 3.43. The highest BCUT2D eigenvalue weighted by Crippen LogP contribution is 2.66. The summed E-state index contributed by atoms with van der Waals surface area (Å²) >= 11 is 0. The van der Waals surface area contributed by atoms with E-state index >= 15 is 0 Å². The van der Waals surface area contributed by atoms with E-state index in [1.54, 1.807) is 0 Å². The van der Waals surface area contributed by atoms with E-state index < -0.39 is 0 Å². The topological polar surface area (TPSA) is 25.8 Å². The van der Waals surface area contributed by atoms with Crippen molar-refractivity contribution in [2.24, 2.45) is 5.41 Å². The van der Waals surface area contributed by atoms with Gasteiger partial charge in [0, 0.05) is 23.7 Å². The van der Waals surface area contributed by atoms with Gasteiger partial charge in [-0.15, -0.1) is 0 Å². The molecule has 1 fully saturated rings. The van der Waals surface area contributed by atoms with Crippen LogP contribution in [0.25, 0.3) is 0 Å². The molecule has 1 aromatic rings. The molecular weight excluding hydrogens is 172 g/mol. The second-order valence-corrected chi connectivity index (χ2v) is 5.44. The van der Waals surface area contributed by atoms with Crippen LogP contribution in [0.3, 0.4) is 0 Å². The SMILES string of the molecule is CC12CCC(c3nccnc31)C2(C)C. The molecule has 0 aromatic carbocycles. The van der Waals surface area contributed by atoms with Gasteiger partial charge in [-0.05, 0) is 18.3 Å². The van der Waals surface area contributed by atoms with Crippen molar-refractivity contribution in [2.75, 3.05) is 0 Å². The zero-order valence-electron chi connectivity index (χ0n) is 9.04. The van der Waals surface area contributed by atoms with E-state index in [1.165, 1.54) is 24.2 Å². The second-order valence-electron chi connectivity index (χ2n) is 5.44. The van der Waals surface area contributed by atoms with E-state index in [-0.39, 0.29) is 5.41 Å². The van der Waals surface area contributed by atoms with E-state index in [1.807, 2.05) is 12.4 Å². The molecule has 0 N–H and O–H groups in total. The first-order valence-corrected chi connectivity index (χ1v) is 5.39. The molecule has 74 valence electrons. The third-order valence-electron chi connectivity index (χ3n) is 4.81. The van der Waals surface area contributed by atoms with Gasteiger partial charge in [0.1, 0.15) is 0 Å². The van der Waals surface area contributed by atoms with Crippen molar-refractivity contribution in [2.45, 2.75) is 44.9 Å². The van der Waals surface area contributed by atoms with Gasteiger partial charge >= 0.3 is 0 Å². The predicted molar refractivity (Wildman–Crippen MR) is 55.1 cm³/mol. The molecule has 2 nitrogen and oxygen atoms in total. The van der Waals surface area contributed by atoms with Gasteiger partial charge in [-0.25, -0.2) is 0 Å². The van der Waals surface area contributed by atoms with Crippen LogP contribution < -0.4 is 0 Å². The third-order valence-corrected chi connectivity index (χ3v) is 4.81. The maximum Gasteiger partial charge on any atom is 0.0686 e. The summed E-state index contributed by atoms with van der Waals surface area (Å²) in [6, 6.07) is 0. The molecule has 1 aromatic heterocycles. The highest BCUT2D eigenvalue weighted by atomic mass is 14.9. The first-order valence-electron chi connectivity index (χ1n) is 5.39. The van der Waals surface area contributed by atoms with Crippen molar-refractivity contribution in [1.29, 1.82) is 0 Å². The normalized spacial score (nSPS) is 37.2. The monoisotopic (exact) mass is 188 g/mol. The molecule has 0 radical (unpaired) electrons. The summed E-state index contributed by atoms with van der Waals surface area (Å²) in [5, 5.41) is 0. The summed E-state index contributed by atoms with van der Waals surface area (Å²) in [6.45, 7) is 7.09. The summed E-state index contributed by atoms with van der Waals surface area (Å²) in [5.74, 6) is 0.635. The van der Waals surface area contributed by atoms with Crippen molar-refractivity contribution in [3.05, 3.63) is 23.8 Å². The van der Waals surface area contributed by atoms with Crippen LogP contribution in [-0.4, -0.2) is 9.97 Å². The van der Waals surface area contributed by atoms with Crippen LogP contribution >= 0.6 is 0 Å². The molecule has 2 heteroatoms. The Kier molecular flexibility index (Phi) is 1.31. The molecule has 0 saturated heterocycles. The fourth-order valence-corrected chi connectivity index (χ4v) is 3.43. The Balaban J connectivity index is 2.31. The molecule has 2 bridgehead atoms. The Morgan fingerprint density at radius 2 is 1.93 bits per heavy atom. The number of fused-ring (bicyclic) bond motifs is 5. The first-order chi connectivity index (χ1) is 6.57. The zero-order chi connectivity index (χ0) is 9.97. The molecule has 1 heterocycles. The highest BCUT2D eigenvalue weighted by Gasteiger charge is 2.61. The number of hydrogen-bond donors (Lipinski definition) is 0. The molecule has 2 unspecified atom stereocenters. The van der Waals surface area contributed by atoms with Crippen LogP contribution in [0.15, 0.2) is 12.4 Å². The second kappa shape index (κ2) is 2.18. The minimum Gasteiger partial charge on any atom is -0.257 e. The molecule has 14 heavy (non-hydrogen) atoms. The lowest BCUT2D eigenvalue weighted by Crippen LogP contribution is -2.31. The highest BCUT2D eigenvalue weighted by molar-refractivity contribution is 5.40. The van der Waals surface area contributed by atoms with Gasteiger partial charge in [0.25, 0.3) is 0 Å². The van der Waals surface area contributed by atoms with Crippen LogP contribution in [0.1, 0.15) is 50.9 Å². The summed E-state index contributed by atoms with van der Waals surface area (Å²) in [5.41, 5.74) is 3.14. The predicted octanol–water partition coefficient (Wildman–Crippen LogP) is 2.65. The summed E-state index contributed by atoms with van der Waals surface area (Å²) in [4.78, 5) is 9.07. The maximum absolute atomic E-state index is 4.55. The Bertz CT molecular complexity index is 397. The van der Waals surface area contributed by atoms with E-state index in [4.69, 9.17) is 0 Å². The maximum atomic E-state index is 4.55. The third kappa shape index (κ3) is 0.667. The van der Waals surface area contributed by atoms with E-state index in [2.05, 4.69) is 30.7 Å². The molecule has 0 amide bonds. The standard InChI is InChI=1S/C12H16N2/c1-11(2)8-4-5-12(11,3)10-9(8)13-6-7-14-10/h6-8H,4-5H2,1-3H3.